The Bertz CT molecular complexity index is 760. The van der Waals surface area contributed by atoms with Crippen LogP contribution >= 0.6 is 22.7 Å². The smallest absolute Gasteiger partial charge is 0.275 e. The zero-order chi connectivity index (χ0) is 13.2. The highest BCUT2D eigenvalue weighted by molar-refractivity contribution is 7.20. The van der Waals surface area contributed by atoms with Gasteiger partial charge in [0.15, 0.2) is 0 Å². The fraction of sp³-hybridized carbons (Fsp3) is 0.273. The molecule has 0 bridgehead atoms. The first kappa shape index (κ1) is 12.2. The summed E-state index contributed by atoms with van der Waals surface area (Å²) in [4.78, 5) is 21.8. The van der Waals surface area contributed by atoms with Crippen LogP contribution in [0.25, 0.3) is 4.96 Å². The van der Waals surface area contributed by atoms with Crippen LogP contribution in [-0.4, -0.2) is 19.6 Å². The Morgan fingerprint density at radius 3 is 3.00 bits per heavy atom. The summed E-state index contributed by atoms with van der Waals surface area (Å²) in [6.45, 7) is 2.72. The molecule has 0 fully saturated rings. The lowest BCUT2D eigenvalue weighted by molar-refractivity contribution is 0.895. The number of nitrogens with one attached hydrogen (secondary N) is 1. The summed E-state index contributed by atoms with van der Waals surface area (Å²) in [5.74, 6) is 0. The predicted octanol–water partition coefficient (Wildman–Crippen LogP) is 1.78. The molecule has 0 aliphatic carbocycles. The number of aromatic nitrogens is 4. The fourth-order valence-electron chi connectivity index (χ4n) is 1.56. The summed E-state index contributed by atoms with van der Waals surface area (Å²) in [6, 6.07) is 1.39. The topological polar surface area (TPSA) is 72.2 Å². The minimum absolute atomic E-state index is 0.170. The molecule has 0 unspecified atom stereocenters. The van der Waals surface area contributed by atoms with Gasteiger partial charge in [0.2, 0.25) is 10.1 Å². The zero-order valence-corrected chi connectivity index (χ0v) is 11.8. The quantitative estimate of drug-likeness (QED) is 0.794. The molecular formula is C11H11N5OS2. The van der Waals surface area contributed by atoms with Crippen LogP contribution in [0.3, 0.4) is 0 Å². The van der Waals surface area contributed by atoms with E-state index in [-0.39, 0.29) is 5.56 Å². The third-order valence-corrected chi connectivity index (χ3v) is 4.53. The molecule has 0 aliphatic heterocycles. The van der Waals surface area contributed by atoms with Gasteiger partial charge in [-0.15, -0.1) is 16.4 Å². The molecule has 3 rings (SSSR count). The molecule has 98 valence electrons. The molecule has 0 aromatic carbocycles. The Morgan fingerprint density at radius 2 is 2.26 bits per heavy atom. The van der Waals surface area contributed by atoms with Gasteiger partial charge in [-0.3, -0.25) is 4.79 Å². The van der Waals surface area contributed by atoms with Crippen molar-refractivity contribution in [3.8, 4) is 0 Å². The Hall–Kier alpha value is -1.80. The Morgan fingerprint density at radius 1 is 1.37 bits per heavy atom. The van der Waals surface area contributed by atoms with Gasteiger partial charge in [0.25, 0.3) is 5.56 Å². The maximum absolute atomic E-state index is 11.5. The maximum Gasteiger partial charge on any atom is 0.275 e. The number of anilines is 1. The molecule has 0 radical (unpaired) electrons. The molecule has 0 aliphatic rings. The highest BCUT2D eigenvalue weighted by Gasteiger charge is 2.06. The second-order valence-corrected chi connectivity index (χ2v) is 5.97. The van der Waals surface area contributed by atoms with Gasteiger partial charge in [-0.2, -0.15) is 4.52 Å². The highest BCUT2D eigenvalue weighted by Crippen LogP contribution is 2.18. The predicted molar refractivity (Wildman–Crippen MR) is 76.0 cm³/mol. The van der Waals surface area contributed by atoms with Crippen molar-refractivity contribution in [2.24, 2.45) is 0 Å². The van der Waals surface area contributed by atoms with Crippen LogP contribution in [0, 0.1) is 0 Å². The number of thiazole rings is 1. The second-order valence-electron chi connectivity index (χ2n) is 3.81. The summed E-state index contributed by atoms with van der Waals surface area (Å²) in [5.41, 5.74) is -0.170. The Balaban J connectivity index is 1.78. The van der Waals surface area contributed by atoms with Crippen molar-refractivity contribution >= 4 is 32.8 Å². The van der Waals surface area contributed by atoms with Gasteiger partial charge in [-0.1, -0.05) is 18.3 Å². The molecule has 19 heavy (non-hydrogen) atoms. The average molecular weight is 293 g/mol. The first-order valence-electron chi connectivity index (χ1n) is 5.78. The summed E-state index contributed by atoms with van der Waals surface area (Å²) >= 11 is 3.03. The summed E-state index contributed by atoms with van der Waals surface area (Å²) in [7, 11) is 0. The average Bonchev–Trinajstić information content (AvgIpc) is 3.03. The maximum atomic E-state index is 11.5. The van der Waals surface area contributed by atoms with E-state index in [0.717, 1.165) is 11.4 Å². The molecule has 6 nitrogen and oxygen atoms in total. The lowest BCUT2D eigenvalue weighted by Gasteiger charge is -1.96. The van der Waals surface area contributed by atoms with Crippen molar-refractivity contribution in [1.82, 2.24) is 19.6 Å². The molecule has 3 aromatic rings. The van der Waals surface area contributed by atoms with Gasteiger partial charge in [-0.05, 0) is 6.42 Å². The Labute approximate surface area is 116 Å². The SMILES string of the molecule is CCc1cnc(CNc2nn3c(=O)ccnc3s2)s1. The molecule has 0 saturated heterocycles. The van der Waals surface area contributed by atoms with Crippen LogP contribution < -0.4 is 10.9 Å². The lowest BCUT2D eigenvalue weighted by atomic mass is 10.4. The van der Waals surface area contributed by atoms with Crippen molar-refractivity contribution in [1.29, 1.82) is 0 Å². The number of aryl methyl sites for hydroxylation is 1. The van der Waals surface area contributed by atoms with E-state index in [4.69, 9.17) is 0 Å². The summed E-state index contributed by atoms with van der Waals surface area (Å²) < 4.78 is 1.30. The van der Waals surface area contributed by atoms with Gasteiger partial charge in [-0.25, -0.2) is 9.97 Å². The molecule has 8 heteroatoms. The lowest BCUT2D eigenvalue weighted by Crippen LogP contribution is -2.12. The molecule has 0 saturated carbocycles. The number of hydrogen-bond acceptors (Lipinski definition) is 7. The van der Waals surface area contributed by atoms with Crippen molar-refractivity contribution in [2.45, 2.75) is 19.9 Å². The van der Waals surface area contributed by atoms with Crippen LogP contribution in [-0.2, 0) is 13.0 Å². The molecule has 0 spiro atoms. The minimum Gasteiger partial charge on any atom is -0.354 e. The van der Waals surface area contributed by atoms with Crippen molar-refractivity contribution in [2.75, 3.05) is 5.32 Å². The molecule has 1 N–H and O–H groups in total. The third-order valence-electron chi connectivity index (χ3n) is 2.51. The molecule has 3 heterocycles. The highest BCUT2D eigenvalue weighted by atomic mass is 32.1. The van der Waals surface area contributed by atoms with Gasteiger partial charge >= 0.3 is 0 Å². The van der Waals surface area contributed by atoms with Gasteiger partial charge in [0.05, 0.1) is 6.54 Å². The molecule has 3 aromatic heterocycles. The third kappa shape index (κ3) is 2.49. The van der Waals surface area contributed by atoms with E-state index in [1.807, 2.05) is 6.20 Å². The summed E-state index contributed by atoms with van der Waals surface area (Å²) in [6.07, 6.45) is 4.39. The number of nitrogens with zero attached hydrogens (tertiary/aromatic N) is 4. The van der Waals surface area contributed by atoms with Crippen LogP contribution in [0.1, 0.15) is 16.8 Å². The first-order valence-corrected chi connectivity index (χ1v) is 7.42. The zero-order valence-electron chi connectivity index (χ0n) is 10.2. The molecule has 0 atom stereocenters. The van der Waals surface area contributed by atoms with Crippen LogP contribution in [0.5, 0.6) is 0 Å². The molecule has 0 amide bonds. The summed E-state index contributed by atoms with van der Waals surface area (Å²) in [5, 5.41) is 9.03. The van der Waals surface area contributed by atoms with E-state index in [0.29, 0.717) is 16.6 Å². The van der Waals surface area contributed by atoms with E-state index in [1.54, 1.807) is 11.3 Å². The fourth-order valence-corrected chi connectivity index (χ4v) is 3.13. The van der Waals surface area contributed by atoms with Gasteiger partial charge < -0.3 is 5.32 Å². The van der Waals surface area contributed by atoms with E-state index < -0.39 is 0 Å². The van der Waals surface area contributed by atoms with Crippen molar-refractivity contribution in [3.05, 3.63) is 38.7 Å². The first-order chi connectivity index (χ1) is 9.26. The molecular weight excluding hydrogens is 282 g/mol. The van der Waals surface area contributed by atoms with Crippen LogP contribution in [0.2, 0.25) is 0 Å². The van der Waals surface area contributed by atoms with E-state index >= 15 is 0 Å². The van der Waals surface area contributed by atoms with Crippen molar-refractivity contribution < 1.29 is 0 Å². The van der Waals surface area contributed by atoms with Gasteiger partial charge in [0.1, 0.15) is 5.01 Å². The number of rotatable bonds is 4. The standard InChI is InChI=1S/C11H11N5OS2/c1-2-7-5-13-8(18-7)6-14-10-15-16-9(17)3-4-12-11(16)19-10/h3-5H,2,6H2,1H3,(H,14,15). The number of hydrogen-bond donors (Lipinski definition) is 1. The largest absolute Gasteiger partial charge is 0.354 e. The van der Waals surface area contributed by atoms with E-state index in [1.165, 1.54) is 33.0 Å². The van der Waals surface area contributed by atoms with Crippen molar-refractivity contribution in [3.63, 3.8) is 0 Å². The van der Waals surface area contributed by atoms with E-state index in [2.05, 4.69) is 27.3 Å². The Kier molecular flexibility index (Phi) is 3.26. The second kappa shape index (κ2) is 5.06. The monoisotopic (exact) mass is 293 g/mol. The normalized spacial score (nSPS) is 11.0. The van der Waals surface area contributed by atoms with Crippen LogP contribution in [0.4, 0.5) is 5.13 Å². The minimum atomic E-state index is -0.170. The van der Waals surface area contributed by atoms with E-state index in [9.17, 15) is 4.79 Å². The van der Waals surface area contributed by atoms with Gasteiger partial charge in [0, 0.05) is 23.3 Å². The van der Waals surface area contributed by atoms with Crippen LogP contribution in [0.15, 0.2) is 23.3 Å². The number of fused-ring (bicyclic) bond motifs is 1.